The molecule has 0 radical (unpaired) electrons. The predicted molar refractivity (Wildman–Crippen MR) is 148 cm³/mol. The highest BCUT2D eigenvalue weighted by Gasteiger charge is 2.31. The summed E-state index contributed by atoms with van der Waals surface area (Å²) in [5.74, 6) is -4.67. The Bertz CT molecular complexity index is 1210. The lowest BCUT2D eigenvalue weighted by Crippen LogP contribution is -2.64. The van der Waals surface area contributed by atoms with E-state index in [1.165, 1.54) is 7.11 Å². The van der Waals surface area contributed by atoms with Gasteiger partial charge in [0.05, 0.1) is 7.11 Å². The molecule has 2 rings (SSSR count). The highest BCUT2D eigenvalue weighted by atomic mass is 19.4. The van der Waals surface area contributed by atoms with Crippen molar-refractivity contribution in [2.75, 3.05) is 13.7 Å². The molecule has 3 atom stereocenters. The van der Waals surface area contributed by atoms with Crippen LogP contribution >= 0.6 is 0 Å². The van der Waals surface area contributed by atoms with Gasteiger partial charge in [-0.25, -0.2) is 9.59 Å². The molecule has 0 bridgehead atoms. The Labute approximate surface area is 252 Å². The molecule has 2 aromatic rings. The molecule has 0 aliphatic heterocycles. The molecule has 0 aromatic heterocycles. The Morgan fingerprint density at radius 1 is 0.818 bits per heavy atom. The molecule has 0 spiro atoms. The third-order valence-corrected chi connectivity index (χ3v) is 5.77. The van der Waals surface area contributed by atoms with Gasteiger partial charge in [0.1, 0.15) is 31.2 Å². The molecule has 0 fully saturated rings. The van der Waals surface area contributed by atoms with Crippen LogP contribution in [0.4, 0.5) is 18.0 Å². The molecule has 6 N–H and O–H groups in total. The summed E-state index contributed by atoms with van der Waals surface area (Å²) in [6.45, 7) is 3.97. The van der Waals surface area contributed by atoms with Gasteiger partial charge in [-0.2, -0.15) is 13.2 Å². The maximum absolute atomic E-state index is 13.3. The number of methoxy groups -OCH3 is 1. The second-order valence-electron chi connectivity index (χ2n) is 9.80. The van der Waals surface area contributed by atoms with E-state index in [1.807, 2.05) is 74.5 Å². The first-order valence-electron chi connectivity index (χ1n) is 13.4. The summed E-state index contributed by atoms with van der Waals surface area (Å²) >= 11 is 0. The third-order valence-electron chi connectivity index (χ3n) is 5.77. The van der Waals surface area contributed by atoms with Crippen molar-refractivity contribution in [3.63, 3.8) is 0 Å². The number of nitrogens with one attached hydrogen (secondary N) is 3. The number of carbonyl (C=O) groups is 5. The number of alkyl halides is 3. The molecule has 3 amide bonds. The zero-order valence-corrected chi connectivity index (χ0v) is 24.5. The molecule has 0 saturated carbocycles. The minimum atomic E-state index is -5.19. The number of amides is 3. The van der Waals surface area contributed by atoms with E-state index in [4.69, 9.17) is 19.4 Å². The Hall–Kier alpha value is -4.66. The summed E-state index contributed by atoms with van der Waals surface area (Å²) in [4.78, 5) is 59.6. The highest BCUT2D eigenvalue weighted by Crippen LogP contribution is 2.12. The van der Waals surface area contributed by atoms with Crippen LogP contribution in [0.25, 0.3) is 0 Å². The molecule has 44 heavy (non-hydrogen) atoms. The van der Waals surface area contributed by atoms with E-state index in [-0.39, 0.29) is 25.5 Å². The topological polar surface area (TPSA) is 191 Å². The normalized spacial score (nSPS) is 12.8. The number of ether oxygens (including phenoxy) is 2. The number of halogens is 3. The lowest BCUT2D eigenvalue weighted by Gasteiger charge is -2.25. The maximum atomic E-state index is 13.3. The molecule has 15 heteroatoms. The van der Waals surface area contributed by atoms with Gasteiger partial charge in [-0.05, 0) is 23.5 Å². The fourth-order valence-electron chi connectivity index (χ4n) is 3.60. The summed E-state index contributed by atoms with van der Waals surface area (Å²) in [6, 6.07) is 15.4. The quantitative estimate of drug-likeness (QED) is 0.228. The van der Waals surface area contributed by atoms with Gasteiger partial charge < -0.3 is 41.1 Å². The van der Waals surface area contributed by atoms with Crippen LogP contribution in [0.3, 0.4) is 0 Å². The van der Waals surface area contributed by atoms with Gasteiger partial charge in [-0.3, -0.25) is 9.59 Å². The number of carbonyl (C=O) groups excluding carboxylic acids is 5. The first-order chi connectivity index (χ1) is 20.7. The lowest BCUT2D eigenvalue weighted by atomic mass is 10.0. The summed E-state index contributed by atoms with van der Waals surface area (Å²) in [7, 11) is 1.22. The summed E-state index contributed by atoms with van der Waals surface area (Å²) in [6.07, 6.45) is -5.43. The van der Waals surface area contributed by atoms with Crippen LogP contribution in [0.15, 0.2) is 60.7 Å². The van der Waals surface area contributed by atoms with E-state index in [0.29, 0.717) is 6.42 Å². The number of rotatable bonds is 13. The number of esters is 1. The van der Waals surface area contributed by atoms with Crippen molar-refractivity contribution in [3.8, 4) is 0 Å². The molecule has 242 valence electrons. The monoisotopic (exact) mass is 626 g/mol. The number of aliphatic carboxylic acids is 1. The standard InChI is InChI=1S/C27H36N4O6.C2HF3O2/c1-18(2)14-21(31-27(35)37-17-20-12-8-5-9-13-20)24(32)29-22(15-19-10-6-4-7-11-19)25(33)30-23(16-28)26(34)36-3;3-2(4,5)1(6)7/h4-13,18,21-23H,14-17,28H2,1-3H3,(H,29,32)(H,30,33)(H,31,35);(H,6,7)/t21-,22-,23-;/m0./s1. The number of quaternary nitrogens is 1. The predicted octanol–water partition coefficient (Wildman–Crippen LogP) is 0.253. The van der Waals surface area contributed by atoms with Crippen LogP contribution in [0, 0.1) is 5.92 Å². The van der Waals surface area contributed by atoms with Gasteiger partial charge in [0.25, 0.3) is 0 Å². The lowest BCUT2D eigenvalue weighted by molar-refractivity contribution is -0.371. The van der Waals surface area contributed by atoms with E-state index in [9.17, 15) is 32.3 Å². The molecule has 0 heterocycles. The van der Waals surface area contributed by atoms with Crippen LogP contribution in [0.2, 0.25) is 0 Å². The number of benzene rings is 2. The molecule has 0 unspecified atom stereocenters. The van der Waals surface area contributed by atoms with Crippen LogP contribution in [0.5, 0.6) is 0 Å². The van der Waals surface area contributed by atoms with Gasteiger partial charge in [0.15, 0.2) is 6.04 Å². The Kier molecular flexibility index (Phi) is 16.0. The molecular formula is C29H37F3N4O8. The van der Waals surface area contributed by atoms with Gasteiger partial charge in [0, 0.05) is 6.42 Å². The van der Waals surface area contributed by atoms with Crippen molar-refractivity contribution < 1.29 is 57.5 Å². The van der Waals surface area contributed by atoms with E-state index in [2.05, 4.69) is 21.7 Å². The van der Waals surface area contributed by atoms with E-state index < -0.39 is 54.1 Å². The van der Waals surface area contributed by atoms with Crippen molar-refractivity contribution in [2.24, 2.45) is 5.92 Å². The van der Waals surface area contributed by atoms with Gasteiger partial charge >= 0.3 is 18.2 Å². The average molecular weight is 627 g/mol. The van der Waals surface area contributed by atoms with Crippen LogP contribution in [-0.4, -0.2) is 67.8 Å². The number of alkyl carbamates (subject to hydrolysis) is 1. The van der Waals surface area contributed by atoms with Crippen molar-refractivity contribution >= 4 is 29.8 Å². The van der Waals surface area contributed by atoms with Crippen molar-refractivity contribution in [3.05, 3.63) is 71.8 Å². The van der Waals surface area contributed by atoms with Crippen LogP contribution in [-0.2, 0) is 41.7 Å². The van der Waals surface area contributed by atoms with Crippen molar-refractivity contribution in [1.29, 1.82) is 0 Å². The van der Waals surface area contributed by atoms with Crippen LogP contribution in [0.1, 0.15) is 31.4 Å². The van der Waals surface area contributed by atoms with Gasteiger partial charge in [-0.1, -0.05) is 74.5 Å². The smallest absolute Gasteiger partial charge is 0.430 e. The minimum Gasteiger partial charge on any atom is -0.542 e. The maximum Gasteiger partial charge on any atom is 0.430 e. The molecule has 12 nitrogen and oxygen atoms in total. The largest absolute Gasteiger partial charge is 0.542 e. The second-order valence-corrected chi connectivity index (χ2v) is 9.80. The van der Waals surface area contributed by atoms with Crippen molar-refractivity contribution in [1.82, 2.24) is 16.0 Å². The Morgan fingerprint density at radius 3 is 1.75 bits per heavy atom. The van der Waals surface area contributed by atoms with E-state index >= 15 is 0 Å². The molecule has 0 saturated heterocycles. The number of hydrogen-bond donors (Lipinski definition) is 4. The number of hydrogen-bond acceptors (Lipinski definition) is 8. The summed E-state index contributed by atoms with van der Waals surface area (Å²) in [5, 5.41) is 16.7. The SMILES string of the molecule is COC(=O)[C@H](C[NH3+])NC(=O)[C@H](Cc1ccccc1)NC(=O)[C@H](CC(C)C)NC(=O)OCc1ccccc1.O=C([O-])C(F)(F)F. The average Bonchev–Trinajstić information content (AvgIpc) is 2.98. The first kappa shape index (κ1) is 37.4. The van der Waals surface area contributed by atoms with Crippen molar-refractivity contribution in [2.45, 2.75) is 57.6 Å². The second kappa shape index (κ2) is 18.8. The van der Waals surface area contributed by atoms with E-state index in [1.54, 1.807) is 0 Å². The van der Waals surface area contributed by atoms with Gasteiger partial charge in [0.2, 0.25) is 11.8 Å². The summed E-state index contributed by atoms with van der Waals surface area (Å²) < 4.78 is 41.5. The Morgan fingerprint density at radius 2 is 1.30 bits per heavy atom. The molecule has 0 aliphatic rings. The van der Waals surface area contributed by atoms with Gasteiger partial charge in [-0.15, -0.1) is 0 Å². The fraction of sp³-hybridized carbons (Fsp3) is 0.414. The third kappa shape index (κ3) is 14.5. The zero-order chi connectivity index (χ0) is 33.3. The summed E-state index contributed by atoms with van der Waals surface area (Å²) in [5.41, 5.74) is 5.30. The zero-order valence-electron chi connectivity index (χ0n) is 24.5. The first-order valence-corrected chi connectivity index (χ1v) is 13.4. The number of carboxylic acid groups (broad SMARTS) is 1. The highest BCUT2D eigenvalue weighted by molar-refractivity contribution is 5.93. The molecule has 2 aromatic carbocycles. The van der Waals surface area contributed by atoms with E-state index in [0.717, 1.165) is 11.1 Å². The Balaban J connectivity index is 0.00000123. The number of carboxylic acids is 1. The molecular weight excluding hydrogens is 589 g/mol. The molecule has 0 aliphatic carbocycles. The van der Waals surface area contributed by atoms with Crippen LogP contribution < -0.4 is 26.8 Å². The fourth-order valence-corrected chi connectivity index (χ4v) is 3.60. The minimum absolute atomic E-state index is 0.0572.